The minimum atomic E-state index is -3.47. The number of sulfonamides is 1. The summed E-state index contributed by atoms with van der Waals surface area (Å²) in [6, 6.07) is -0.864. The third-order valence-corrected chi connectivity index (χ3v) is 4.73. The van der Waals surface area contributed by atoms with E-state index < -0.39 is 22.0 Å². The molecule has 0 bridgehead atoms. The first-order chi connectivity index (χ1) is 9.80. The Morgan fingerprint density at radius 2 is 1.95 bits per heavy atom. The Hall–Kier alpha value is -1.15. The predicted molar refractivity (Wildman–Crippen MR) is 78.0 cm³/mol. The Bertz CT molecular complexity index is 473. The summed E-state index contributed by atoms with van der Waals surface area (Å²) in [6.07, 6.45) is 2.14. The lowest BCUT2D eigenvalue weighted by Gasteiger charge is -2.25. The number of ether oxygens (including phenoxy) is 1. The molecule has 0 aliphatic heterocycles. The van der Waals surface area contributed by atoms with Gasteiger partial charge in [-0.05, 0) is 33.1 Å². The van der Waals surface area contributed by atoms with Gasteiger partial charge in [0.2, 0.25) is 15.9 Å². The van der Waals surface area contributed by atoms with Gasteiger partial charge in [0.25, 0.3) is 0 Å². The molecule has 1 rings (SSSR count). The Balaban J connectivity index is 2.66. The maximum Gasteiger partial charge on any atom is 0.325 e. The Kier molecular flexibility index (Phi) is 6.60. The van der Waals surface area contributed by atoms with E-state index in [1.54, 1.807) is 13.8 Å². The van der Waals surface area contributed by atoms with Crippen LogP contribution in [0.4, 0.5) is 0 Å². The van der Waals surface area contributed by atoms with E-state index in [2.05, 4.69) is 4.72 Å². The maximum atomic E-state index is 12.3. The number of nitrogens with zero attached hydrogens (tertiary/aromatic N) is 1. The third kappa shape index (κ3) is 6.01. The minimum Gasteiger partial charge on any atom is -0.465 e. The van der Waals surface area contributed by atoms with Gasteiger partial charge in [-0.15, -0.1) is 0 Å². The van der Waals surface area contributed by atoms with Crippen molar-refractivity contribution in [2.24, 2.45) is 0 Å². The van der Waals surface area contributed by atoms with Crippen molar-refractivity contribution in [1.82, 2.24) is 9.62 Å². The Morgan fingerprint density at radius 1 is 1.33 bits per heavy atom. The number of esters is 1. The van der Waals surface area contributed by atoms with Gasteiger partial charge >= 0.3 is 5.97 Å². The molecule has 1 saturated carbocycles. The van der Waals surface area contributed by atoms with Crippen molar-refractivity contribution in [3.63, 3.8) is 0 Å². The molecule has 1 N–H and O–H groups in total. The summed E-state index contributed by atoms with van der Waals surface area (Å²) in [5.74, 6) is -0.877. The molecule has 0 aromatic heterocycles. The second-order valence-corrected chi connectivity index (χ2v) is 7.03. The number of nitrogens with one attached hydrogen (secondary N) is 1. The molecule has 7 nitrogen and oxygen atoms in total. The first-order valence-corrected chi connectivity index (χ1v) is 8.92. The molecule has 1 unspecified atom stereocenters. The molecule has 0 spiro atoms. The SMILES string of the molecule is CCCS(=O)(=O)NC(C)C(=O)N(CC(=O)OCC)C1CC1. The molecular formula is C13H24N2O5S. The van der Waals surface area contributed by atoms with Crippen molar-refractivity contribution in [2.45, 2.75) is 52.1 Å². The number of hydrogen-bond donors (Lipinski definition) is 1. The van der Waals surface area contributed by atoms with Crippen LogP contribution in [0.5, 0.6) is 0 Å². The monoisotopic (exact) mass is 320 g/mol. The first kappa shape index (κ1) is 17.9. The molecule has 21 heavy (non-hydrogen) atoms. The Morgan fingerprint density at radius 3 is 2.43 bits per heavy atom. The van der Waals surface area contributed by atoms with E-state index in [9.17, 15) is 18.0 Å². The summed E-state index contributed by atoms with van der Waals surface area (Å²) in [7, 11) is -3.47. The number of amides is 1. The van der Waals surface area contributed by atoms with E-state index in [-0.39, 0.29) is 30.9 Å². The molecule has 0 heterocycles. The van der Waals surface area contributed by atoms with Crippen LogP contribution in [0, 0.1) is 0 Å². The quantitative estimate of drug-likeness (QED) is 0.615. The lowest BCUT2D eigenvalue weighted by molar-refractivity contribution is -0.149. The van der Waals surface area contributed by atoms with Gasteiger partial charge in [-0.25, -0.2) is 13.1 Å². The molecule has 0 radical (unpaired) electrons. The van der Waals surface area contributed by atoms with Gasteiger partial charge in [-0.2, -0.15) is 0 Å². The molecule has 8 heteroatoms. The van der Waals surface area contributed by atoms with Gasteiger partial charge in [0.1, 0.15) is 6.54 Å². The van der Waals surface area contributed by atoms with Crippen LogP contribution in [0.1, 0.15) is 40.0 Å². The van der Waals surface area contributed by atoms with E-state index >= 15 is 0 Å². The van der Waals surface area contributed by atoms with Gasteiger partial charge in [0.05, 0.1) is 18.4 Å². The molecule has 0 aromatic carbocycles. The van der Waals surface area contributed by atoms with Crippen LogP contribution in [0.3, 0.4) is 0 Å². The average molecular weight is 320 g/mol. The summed E-state index contributed by atoms with van der Waals surface area (Å²) in [6.45, 7) is 5.07. The highest BCUT2D eigenvalue weighted by Crippen LogP contribution is 2.27. The van der Waals surface area contributed by atoms with Crippen molar-refractivity contribution in [1.29, 1.82) is 0 Å². The zero-order chi connectivity index (χ0) is 16.0. The smallest absolute Gasteiger partial charge is 0.325 e. The van der Waals surface area contributed by atoms with Crippen LogP contribution in [-0.4, -0.2) is 56.2 Å². The average Bonchev–Trinajstić information content (AvgIpc) is 3.18. The van der Waals surface area contributed by atoms with Crippen molar-refractivity contribution < 1.29 is 22.7 Å². The highest BCUT2D eigenvalue weighted by atomic mass is 32.2. The van der Waals surface area contributed by atoms with Crippen LogP contribution in [0.25, 0.3) is 0 Å². The van der Waals surface area contributed by atoms with Crippen LogP contribution in [0.15, 0.2) is 0 Å². The van der Waals surface area contributed by atoms with Gasteiger partial charge in [-0.1, -0.05) is 6.92 Å². The minimum absolute atomic E-state index is 0.0139. The number of hydrogen-bond acceptors (Lipinski definition) is 5. The zero-order valence-electron chi connectivity index (χ0n) is 12.8. The maximum absolute atomic E-state index is 12.3. The van der Waals surface area contributed by atoms with Crippen LogP contribution in [0.2, 0.25) is 0 Å². The van der Waals surface area contributed by atoms with Crippen molar-refractivity contribution in [2.75, 3.05) is 18.9 Å². The second-order valence-electron chi connectivity index (χ2n) is 5.16. The summed E-state index contributed by atoms with van der Waals surface area (Å²) in [5.41, 5.74) is 0. The highest BCUT2D eigenvalue weighted by Gasteiger charge is 2.36. The van der Waals surface area contributed by atoms with Gasteiger partial charge in [0.15, 0.2) is 0 Å². The fraction of sp³-hybridized carbons (Fsp3) is 0.846. The van der Waals surface area contributed by atoms with E-state index in [4.69, 9.17) is 4.74 Å². The Labute approximate surface area is 126 Å². The molecule has 1 atom stereocenters. The molecule has 0 aromatic rings. The van der Waals surface area contributed by atoms with E-state index in [0.29, 0.717) is 6.42 Å². The third-order valence-electron chi connectivity index (χ3n) is 3.08. The predicted octanol–water partition coefficient (Wildman–Crippen LogP) is 0.258. The lowest BCUT2D eigenvalue weighted by Crippen LogP contribution is -2.49. The molecule has 1 aliphatic carbocycles. The fourth-order valence-corrected chi connectivity index (χ4v) is 3.31. The number of carbonyl (C=O) groups excluding carboxylic acids is 2. The molecular weight excluding hydrogens is 296 g/mol. The van der Waals surface area contributed by atoms with Crippen molar-refractivity contribution >= 4 is 21.9 Å². The van der Waals surface area contributed by atoms with E-state index in [1.807, 2.05) is 0 Å². The van der Waals surface area contributed by atoms with Gasteiger partial charge in [0, 0.05) is 6.04 Å². The normalized spacial score (nSPS) is 16.3. The standard InChI is InChI=1S/C13H24N2O5S/c1-4-8-21(18,19)14-10(3)13(17)15(11-6-7-11)9-12(16)20-5-2/h10-11,14H,4-9H2,1-3H3. The fourth-order valence-electron chi connectivity index (χ4n) is 2.02. The lowest BCUT2D eigenvalue weighted by atomic mass is 10.3. The topological polar surface area (TPSA) is 92.8 Å². The zero-order valence-corrected chi connectivity index (χ0v) is 13.6. The summed E-state index contributed by atoms with van der Waals surface area (Å²) < 4.78 is 30.6. The van der Waals surface area contributed by atoms with Crippen LogP contribution in [-0.2, 0) is 24.3 Å². The second kappa shape index (κ2) is 7.74. The van der Waals surface area contributed by atoms with Gasteiger partial charge in [-0.3, -0.25) is 9.59 Å². The molecule has 122 valence electrons. The molecule has 1 fully saturated rings. The van der Waals surface area contributed by atoms with Crippen LogP contribution >= 0.6 is 0 Å². The molecule has 1 amide bonds. The van der Waals surface area contributed by atoms with Crippen molar-refractivity contribution in [3.8, 4) is 0 Å². The summed E-state index contributed by atoms with van der Waals surface area (Å²) >= 11 is 0. The number of rotatable bonds is 9. The summed E-state index contributed by atoms with van der Waals surface area (Å²) in [5, 5.41) is 0. The highest BCUT2D eigenvalue weighted by molar-refractivity contribution is 7.89. The first-order valence-electron chi connectivity index (χ1n) is 7.26. The number of carbonyl (C=O) groups is 2. The van der Waals surface area contributed by atoms with Crippen molar-refractivity contribution in [3.05, 3.63) is 0 Å². The molecule has 1 aliphatic rings. The van der Waals surface area contributed by atoms with Gasteiger partial charge < -0.3 is 9.64 Å². The summed E-state index contributed by atoms with van der Waals surface area (Å²) in [4.78, 5) is 25.3. The molecule has 0 saturated heterocycles. The van der Waals surface area contributed by atoms with Crippen LogP contribution < -0.4 is 4.72 Å². The van der Waals surface area contributed by atoms with E-state index in [0.717, 1.165) is 12.8 Å². The van der Waals surface area contributed by atoms with E-state index in [1.165, 1.54) is 11.8 Å². The largest absolute Gasteiger partial charge is 0.465 e.